The summed E-state index contributed by atoms with van der Waals surface area (Å²) in [5, 5.41) is 22.1. The molecule has 0 heterocycles. The lowest BCUT2D eigenvalue weighted by Crippen LogP contribution is -2.14. The van der Waals surface area contributed by atoms with Gasteiger partial charge in [-0.05, 0) is 58.1 Å². The fourth-order valence-corrected chi connectivity index (χ4v) is 3.76. The number of carboxylic acids is 1. The molecule has 0 fully saturated rings. The average Bonchev–Trinajstić information content (AvgIpc) is 2.85. The number of phenolic OH excluding ortho intramolecular Hbond substituents is 1. The number of benzene rings is 4. The first kappa shape index (κ1) is 22.6. The maximum Gasteiger partial charge on any atom is 0.336 e. The molecule has 0 atom stereocenters. The van der Waals surface area contributed by atoms with Crippen molar-refractivity contribution in [1.82, 2.24) is 0 Å². The second kappa shape index (κ2) is 9.92. The number of aromatic hydroxyl groups is 1. The van der Waals surface area contributed by atoms with Crippen molar-refractivity contribution in [2.24, 2.45) is 0 Å². The van der Waals surface area contributed by atoms with Crippen molar-refractivity contribution in [3.63, 3.8) is 0 Å². The molecule has 0 aliphatic carbocycles. The van der Waals surface area contributed by atoms with Crippen molar-refractivity contribution in [2.75, 3.05) is 12.4 Å². The standard InChI is InChI=1S/C28H23NO5/c1-34-26-15-18(9-14-25(26)30)16-27(31)29-22-6-4-5-21(17-22)19-10-12-20(13-11-19)23-7-2-3-8-24(23)28(32)33/h2-15,17,30H,16H2,1H3,(H,29,31)(H,32,33). The van der Waals surface area contributed by atoms with Crippen molar-refractivity contribution in [3.8, 4) is 33.8 Å². The second-order valence-corrected chi connectivity index (χ2v) is 7.74. The lowest BCUT2D eigenvalue weighted by Gasteiger charge is -2.10. The third-order valence-corrected chi connectivity index (χ3v) is 5.44. The van der Waals surface area contributed by atoms with Gasteiger partial charge in [0, 0.05) is 5.69 Å². The fourth-order valence-electron chi connectivity index (χ4n) is 3.76. The highest BCUT2D eigenvalue weighted by atomic mass is 16.5. The number of amides is 1. The molecule has 0 aliphatic heterocycles. The summed E-state index contributed by atoms with van der Waals surface area (Å²) in [7, 11) is 1.46. The Bertz CT molecular complexity index is 1350. The number of nitrogens with one attached hydrogen (secondary N) is 1. The first-order valence-electron chi connectivity index (χ1n) is 10.6. The van der Waals surface area contributed by atoms with Gasteiger partial charge in [0.15, 0.2) is 11.5 Å². The monoisotopic (exact) mass is 453 g/mol. The molecular weight excluding hydrogens is 430 g/mol. The van der Waals surface area contributed by atoms with Crippen LogP contribution in [0.1, 0.15) is 15.9 Å². The van der Waals surface area contributed by atoms with Crippen LogP contribution in [0.2, 0.25) is 0 Å². The van der Waals surface area contributed by atoms with Gasteiger partial charge in [0.1, 0.15) is 0 Å². The Morgan fingerprint density at radius 3 is 2.29 bits per heavy atom. The number of phenols is 1. The Kier molecular flexibility index (Phi) is 6.59. The van der Waals surface area contributed by atoms with Crippen LogP contribution < -0.4 is 10.1 Å². The molecule has 6 nitrogen and oxygen atoms in total. The minimum Gasteiger partial charge on any atom is -0.504 e. The fraction of sp³-hybridized carbons (Fsp3) is 0.0714. The van der Waals surface area contributed by atoms with Gasteiger partial charge in [-0.1, -0.05) is 60.7 Å². The number of carboxylic acid groups (broad SMARTS) is 1. The van der Waals surface area contributed by atoms with E-state index >= 15 is 0 Å². The molecule has 0 spiro atoms. The molecule has 6 heteroatoms. The van der Waals surface area contributed by atoms with E-state index in [2.05, 4.69) is 5.32 Å². The summed E-state index contributed by atoms with van der Waals surface area (Å²) in [4.78, 5) is 24.1. The number of anilines is 1. The Balaban J connectivity index is 1.49. The Morgan fingerprint density at radius 2 is 1.56 bits per heavy atom. The van der Waals surface area contributed by atoms with Crippen LogP contribution in [-0.2, 0) is 11.2 Å². The van der Waals surface area contributed by atoms with Crippen molar-refractivity contribution in [2.45, 2.75) is 6.42 Å². The highest BCUT2D eigenvalue weighted by molar-refractivity contribution is 5.96. The number of hydrogen-bond acceptors (Lipinski definition) is 4. The Labute approximate surface area is 197 Å². The highest BCUT2D eigenvalue weighted by Gasteiger charge is 2.12. The molecule has 0 aromatic heterocycles. The van der Waals surface area contributed by atoms with Gasteiger partial charge in [0.05, 0.1) is 19.1 Å². The van der Waals surface area contributed by atoms with Crippen LogP contribution in [0, 0.1) is 0 Å². The maximum absolute atomic E-state index is 12.5. The van der Waals surface area contributed by atoms with Crippen molar-refractivity contribution in [3.05, 3.63) is 102 Å². The molecule has 0 bridgehead atoms. The van der Waals surface area contributed by atoms with Gasteiger partial charge in [-0.3, -0.25) is 4.79 Å². The van der Waals surface area contributed by atoms with Crippen LogP contribution in [-0.4, -0.2) is 29.2 Å². The zero-order chi connectivity index (χ0) is 24.1. The molecule has 0 saturated carbocycles. The zero-order valence-corrected chi connectivity index (χ0v) is 18.5. The van der Waals surface area contributed by atoms with E-state index in [0.717, 1.165) is 22.3 Å². The topological polar surface area (TPSA) is 95.9 Å². The molecule has 170 valence electrons. The highest BCUT2D eigenvalue weighted by Crippen LogP contribution is 2.29. The molecule has 0 saturated heterocycles. The van der Waals surface area contributed by atoms with Crippen molar-refractivity contribution in [1.29, 1.82) is 0 Å². The maximum atomic E-state index is 12.5. The smallest absolute Gasteiger partial charge is 0.336 e. The van der Waals surface area contributed by atoms with Gasteiger partial charge in [-0.15, -0.1) is 0 Å². The predicted molar refractivity (Wildman–Crippen MR) is 131 cm³/mol. The number of aromatic carboxylic acids is 1. The molecule has 1 amide bonds. The molecule has 0 unspecified atom stereocenters. The summed E-state index contributed by atoms with van der Waals surface area (Å²) in [5.74, 6) is -0.807. The second-order valence-electron chi connectivity index (χ2n) is 7.74. The minimum atomic E-state index is -0.964. The quantitative estimate of drug-likeness (QED) is 0.338. The predicted octanol–water partition coefficient (Wildman–Crippen LogP) is 5.61. The van der Waals surface area contributed by atoms with E-state index < -0.39 is 5.97 Å². The van der Waals surface area contributed by atoms with Crippen molar-refractivity contribution >= 4 is 17.6 Å². The molecule has 4 rings (SSSR count). The summed E-state index contributed by atoms with van der Waals surface area (Å²) in [6.45, 7) is 0. The van der Waals surface area contributed by atoms with E-state index in [1.807, 2.05) is 54.6 Å². The van der Waals surface area contributed by atoms with Gasteiger partial charge >= 0.3 is 5.97 Å². The van der Waals surface area contributed by atoms with E-state index in [1.165, 1.54) is 13.2 Å². The third kappa shape index (κ3) is 5.07. The van der Waals surface area contributed by atoms with Crippen LogP contribution in [0.3, 0.4) is 0 Å². The van der Waals surface area contributed by atoms with E-state index in [-0.39, 0.29) is 23.6 Å². The van der Waals surface area contributed by atoms with Gasteiger partial charge in [0.2, 0.25) is 5.91 Å². The van der Waals surface area contributed by atoms with Crippen LogP contribution in [0.25, 0.3) is 22.3 Å². The first-order chi connectivity index (χ1) is 16.4. The van der Waals surface area contributed by atoms with E-state index in [0.29, 0.717) is 17.0 Å². The van der Waals surface area contributed by atoms with Crippen LogP contribution >= 0.6 is 0 Å². The van der Waals surface area contributed by atoms with Gasteiger partial charge in [-0.25, -0.2) is 4.79 Å². The van der Waals surface area contributed by atoms with Crippen LogP contribution in [0.4, 0.5) is 5.69 Å². The minimum absolute atomic E-state index is 0.0248. The Hall–Kier alpha value is -4.58. The van der Waals surface area contributed by atoms with Gasteiger partial charge in [0.25, 0.3) is 0 Å². The van der Waals surface area contributed by atoms with Gasteiger partial charge < -0.3 is 20.3 Å². The van der Waals surface area contributed by atoms with E-state index in [4.69, 9.17) is 4.74 Å². The third-order valence-electron chi connectivity index (χ3n) is 5.44. The normalized spacial score (nSPS) is 10.5. The van der Waals surface area contributed by atoms with E-state index in [9.17, 15) is 19.8 Å². The molecule has 4 aromatic carbocycles. The molecule has 0 radical (unpaired) electrons. The summed E-state index contributed by atoms with van der Waals surface area (Å²) in [6.07, 6.45) is 0.137. The number of hydrogen-bond donors (Lipinski definition) is 3. The summed E-state index contributed by atoms with van der Waals surface area (Å²) in [5.41, 5.74) is 4.97. The van der Waals surface area contributed by atoms with E-state index in [1.54, 1.807) is 30.3 Å². The van der Waals surface area contributed by atoms with Gasteiger partial charge in [-0.2, -0.15) is 0 Å². The lowest BCUT2D eigenvalue weighted by molar-refractivity contribution is -0.115. The molecule has 34 heavy (non-hydrogen) atoms. The van der Waals surface area contributed by atoms with Crippen LogP contribution in [0.5, 0.6) is 11.5 Å². The number of ether oxygens (including phenoxy) is 1. The zero-order valence-electron chi connectivity index (χ0n) is 18.5. The van der Waals surface area contributed by atoms with Crippen LogP contribution in [0.15, 0.2) is 91.0 Å². The SMILES string of the molecule is COc1cc(CC(=O)Nc2cccc(-c3ccc(-c4ccccc4C(=O)O)cc3)c2)ccc1O. The first-order valence-corrected chi connectivity index (χ1v) is 10.6. The number of carbonyl (C=O) groups excluding carboxylic acids is 1. The molecule has 0 aliphatic rings. The molecular formula is C28H23NO5. The number of rotatable bonds is 7. The number of methoxy groups -OCH3 is 1. The summed E-state index contributed by atoms with van der Waals surface area (Å²) in [6, 6.07) is 26.9. The number of carbonyl (C=O) groups is 2. The Morgan fingerprint density at radius 1 is 0.824 bits per heavy atom. The average molecular weight is 453 g/mol. The summed E-state index contributed by atoms with van der Waals surface area (Å²) < 4.78 is 5.09. The lowest BCUT2D eigenvalue weighted by atomic mass is 9.97. The summed E-state index contributed by atoms with van der Waals surface area (Å²) >= 11 is 0. The molecule has 3 N–H and O–H groups in total. The van der Waals surface area contributed by atoms with Crippen molar-refractivity contribution < 1.29 is 24.5 Å². The molecule has 4 aromatic rings. The largest absolute Gasteiger partial charge is 0.504 e.